The first-order valence-corrected chi connectivity index (χ1v) is 12.0. The van der Waals surface area contributed by atoms with E-state index >= 15 is 0 Å². The second kappa shape index (κ2) is 8.20. The van der Waals surface area contributed by atoms with E-state index in [0.29, 0.717) is 13.0 Å². The first-order chi connectivity index (χ1) is 13.8. The topological polar surface area (TPSA) is 84.9 Å². The molecule has 3 aliphatic heterocycles. The minimum atomic E-state index is -3.41. The zero-order valence-corrected chi connectivity index (χ0v) is 17.3. The highest BCUT2D eigenvalue weighted by Crippen LogP contribution is 2.40. The fraction of sp³-hybridized carbons (Fsp3) is 0.650. The number of nitrogens with zero attached hydrogens (tertiary/aromatic N) is 1. The van der Waals surface area contributed by atoms with Crippen LogP contribution < -0.4 is 9.46 Å². The molecule has 1 aliphatic carbocycles. The quantitative estimate of drug-likeness (QED) is 0.779. The fourth-order valence-corrected chi connectivity index (χ4v) is 5.60. The van der Waals surface area contributed by atoms with Crippen molar-refractivity contribution in [3.05, 3.63) is 29.6 Å². The third-order valence-electron chi connectivity index (χ3n) is 6.19. The van der Waals surface area contributed by atoms with Gasteiger partial charge in [-0.25, -0.2) is 17.5 Å². The van der Waals surface area contributed by atoms with Crippen LogP contribution in [0.3, 0.4) is 0 Å². The summed E-state index contributed by atoms with van der Waals surface area (Å²) in [5, 5.41) is 0. The molecule has 1 unspecified atom stereocenters. The molecule has 7 nitrogen and oxygen atoms in total. The highest BCUT2D eigenvalue weighted by Gasteiger charge is 2.40. The van der Waals surface area contributed by atoms with Crippen molar-refractivity contribution < 1.29 is 27.1 Å². The lowest BCUT2D eigenvalue weighted by molar-refractivity contribution is -0.136. The zero-order valence-electron chi connectivity index (χ0n) is 16.5. The monoisotopic (exact) mass is 426 g/mol. The molecule has 0 radical (unpaired) electrons. The van der Waals surface area contributed by atoms with Crippen LogP contribution in [0, 0.1) is 5.82 Å². The molecule has 29 heavy (non-hydrogen) atoms. The highest BCUT2D eigenvalue weighted by atomic mass is 32.2. The first-order valence-electron chi connectivity index (χ1n) is 10.1. The molecule has 4 aliphatic rings. The smallest absolute Gasteiger partial charge is 0.260 e. The van der Waals surface area contributed by atoms with Gasteiger partial charge in [-0.1, -0.05) is 12.1 Å². The number of benzene rings is 1. The molecular weight excluding hydrogens is 399 g/mol. The van der Waals surface area contributed by atoms with Gasteiger partial charge in [-0.2, -0.15) is 0 Å². The maximum atomic E-state index is 14.5. The molecule has 0 aromatic heterocycles. The van der Waals surface area contributed by atoms with E-state index in [1.165, 1.54) is 6.07 Å². The molecule has 1 N–H and O–H groups in total. The Balaban J connectivity index is 1.62. The number of hydrogen-bond acceptors (Lipinski definition) is 5. The van der Waals surface area contributed by atoms with Crippen molar-refractivity contribution in [2.45, 2.75) is 56.2 Å². The summed E-state index contributed by atoms with van der Waals surface area (Å²) in [5.74, 6) is -0.419. The van der Waals surface area contributed by atoms with E-state index < -0.39 is 27.9 Å². The molecule has 1 amide bonds. The molecular formula is C20H27FN2O5S. The number of para-hydroxylation sites is 1. The van der Waals surface area contributed by atoms with Crippen molar-refractivity contribution >= 4 is 15.9 Å². The third kappa shape index (κ3) is 4.57. The van der Waals surface area contributed by atoms with Crippen LogP contribution in [-0.4, -0.2) is 63.4 Å². The SMILES string of the molecule is CS(=O)(=O)NC1CCN2C(=O)COc3c(F)cccc3C3CCC(CC3)OC[C@@H]12. The second-order valence-electron chi connectivity index (χ2n) is 8.19. The van der Waals surface area contributed by atoms with Crippen molar-refractivity contribution in [1.29, 1.82) is 0 Å². The minimum Gasteiger partial charge on any atom is -0.480 e. The van der Waals surface area contributed by atoms with E-state index in [9.17, 15) is 17.6 Å². The Bertz CT molecular complexity index is 870. The molecule has 9 heteroatoms. The van der Waals surface area contributed by atoms with Crippen LogP contribution in [0.15, 0.2) is 18.2 Å². The Morgan fingerprint density at radius 1 is 1.17 bits per heavy atom. The standard InChI is InChI=1S/C20H27FN2O5S/c1-29(25,26)22-17-9-10-23-18(17)11-27-14-7-5-13(6-8-14)15-3-2-4-16(21)20(15)28-12-19(23)24/h2-4,13-14,17-18,22H,5-12H2,1H3/t13?,14?,17?,18-/m0/s1. The molecule has 2 fully saturated rings. The lowest BCUT2D eigenvalue weighted by Gasteiger charge is -2.32. The molecule has 160 valence electrons. The number of nitrogens with one attached hydrogen (secondary N) is 1. The minimum absolute atomic E-state index is 0.0568. The van der Waals surface area contributed by atoms with Gasteiger partial charge < -0.3 is 14.4 Å². The van der Waals surface area contributed by atoms with E-state index in [1.54, 1.807) is 11.0 Å². The number of hydrogen-bond donors (Lipinski definition) is 1. The van der Waals surface area contributed by atoms with Gasteiger partial charge in [0.25, 0.3) is 5.91 Å². The molecule has 3 heterocycles. The van der Waals surface area contributed by atoms with Gasteiger partial charge in [-0.05, 0) is 44.1 Å². The second-order valence-corrected chi connectivity index (χ2v) is 9.97. The molecule has 1 saturated heterocycles. The number of amides is 1. The van der Waals surface area contributed by atoms with Crippen molar-refractivity contribution in [2.75, 3.05) is 26.0 Å². The van der Waals surface area contributed by atoms with E-state index in [1.807, 2.05) is 6.07 Å². The Morgan fingerprint density at radius 2 is 1.93 bits per heavy atom. The lowest BCUT2D eigenvalue weighted by Crippen LogP contribution is -2.50. The van der Waals surface area contributed by atoms with Crippen molar-refractivity contribution in [3.8, 4) is 5.75 Å². The number of carbonyl (C=O) groups is 1. The Labute approximate surface area is 170 Å². The van der Waals surface area contributed by atoms with Crippen molar-refractivity contribution in [3.63, 3.8) is 0 Å². The van der Waals surface area contributed by atoms with E-state index in [-0.39, 0.29) is 36.9 Å². The van der Waals surface area contributed by atoms with Crippen LogP contribution in [0.25, 0.3) is 0 Å². The summed E-state index contributed by atoms with van der Waals surface area (Å²) in [6.45, 7) is 0.391. The Hall–Kier alpha value is -1.71. The fourth-order valence-electron chi connectivity index (χ4n) is 4.77. The van der Waals surface area contributed by atoms with Crippen LogP contribution in [0.2, 0.25) is 0 Å². The Kier molecular flexibility index (Phi) is 5.81. The van der Waals surface area contributed by atoms with Gasteiger partial charge in [0.05, 0.1) is 25.0 Å². The summed E-state index contributed by atoms with van der Waals surface area (Å²) >= 11 is 0. The van der Waals surface area contributed by atoms with Crippen LogP contribution in [0.4, 0.5) is 4.39 Å². The molecule has 2 atom stereocenters. The summed E-state index contributed by atoms with van der Waals surface area (Å²) in [6, 6.07) is 4.09. The molecule has 1 aromatic rings. The summed E-state index contributed by atoms with van der Waals surface area (Å²) < 4.78 is 52.4. The molecule has 5 rings (SSSR count). The average Bonchev–Trinajstić information content (AvgIpc) is 3.06. The van der Waals surface area contributed by atoms with Crippen LogP contribution in [0.5, 0.6) is 5.75 Å². The molecule has 1 aromatic carbocycles. The van der Waals surface area contributed by atoms with E-state index in [4.69, 9.17) is 9.47 Å². The first kappa shape index (κ1) is 20.6. The van der Waals surface area contributed by atoms with Crippen molar-refractivity contribution in [2.24, 2.45) is 0 Å². The van der Waals surface area contributed by atoms with Crippen molar-refractivity contribution in [1.82, 2.24) is 9.62 Å². The molecule has 1 saturated carbocycles. The molecule has 0 spiro atoms. The van der Waals surface area contributed by atoms with Crippen LogP contribution >= 0.6 is 0 Å². The third-order valence-corrected chi connectivity index (χ3v) is 6.92. The van der Waals surface area contributed by atoms with E-state index in [0.717, 1.165) is 37.5 Å². The number of rotatable bonds is 2. The summed E-state index contributed by atoms with van der Waals surface area (Å²) in [7, 11) is -3.41. The average molecular weight is 427 g/mol. The predicted octanol–water partition coefficient (Wildman–Crippen LogP) is 1.78. The van der Waals surface area contributed by atoms with E-state index in [2.05, 4.69) is 4.72 Å². The lowest BCUT2D eigenvalue weighted by atomic mass is 9.82. The number of carbonyl (C=O) groups excluding carboxylic acids is 1. The normalized spacial score (nSPS) is 30.6. The Morgan fingerprint density at radius 3 is 2.66 bits per heavy atom. The zero-order chi connectivity index (χ0) is 20.6. The van der Waals surface area contributed by atoms with Gasteiger partial charge in [-0.3, -0.25) is 4.79 Å². The van der Waals surface area contributed by atoms with Gasteiger partial charge in [0.2, 0.25) is 10.0 Å². The van der Waals surface area contributed by atoms with Crippen LogP contribution in [-0.2, 0) is 19.6 Å². The number of ether oxygens (including phenoxy) is 2. The van der Waals surface area contributed by atoms with Crippen LogP contribution in [0.1, 0.15) is 43.6 Å². The largest absolute Gasteiger partial charge is 0.480 e. The summed E-state index contributed by atoms with van der Waals surface area (Å²) in [5.41, 5.74) is 0.810. The highest BCUT2D eigenvalue weighted by molar-refractivity contribution is 7.88. The predicted molar refractivity (Wildman–Crippen MR) is 105 cm³/mol. The number of halogens is 1. The number of sulfonamides is 1. The number of fused-ring (bicyclic) bond motifs is 5. The van der Waals surface area contributed by atoms with Gasteiger partial charge in [0.1, 0.15) is 0 Å². The van der Waals surface area contributed by atoms with Gasteiger partial charge in [0.15, 0.2) is 18.2 Å². The summed E-state index contributed by atoms with van der Waals surface area (Å²) in [6.07, 6.45) is 5.07. The maximum Gasteiger partial charge on any atom is 0.260 e. The summed E-state index contributed by atoms with van der Waals surface area (Å²) in [4.78, 5) is 14.5. The maximum absolute atomic E-state index is 14.5. The van der Waals surface area contributed by atoms with Gasteiger partial charge >= 0.3 is 0 Å². The molecule has 2 bridgehead atoms. The van der Waals surface area contributed by atoms with Gasteiger partial charge in [0, 0.05) is 18.2 Å². The van der Waals surface area contributed by atoms with Gasteiger partial charge in [-0.15, -0.1) is 0 Å².